The highest BCUT2D eigenvalue weighted by Gasteiger charge is 2.26. The summed E-state index contributed by atoms with van der Waals surface area (Å²) >= 11 is 0. The SMILES string of the molecule is Cc1ccc(N(CCC(=O)NC2CCN(CC(C)C)CC2)S(=O)(=O)c2ccc(C)cc2)cc1. The van der Waals surface area contributed by atoms with Crippen molar-refractivity contribution >= 4 is 21.6 Å². The molecule has 33 heavy (non-hydrogen) atoms. The number of hydrogen-bond donors (Lipinski definition) is 1. The van der Waals surface area contributed by atoms with E-state index in [9.17, 15) is 13.2 Å². The standard InChI is InChI=1S/C26H37N3O3S/c1-20(2)19-28-16-13-23(14-17-28)27-26(30)15-18-29(24-9-5-21(3)6-10-24)33(31,32)25-11-7-22(4)8-12-25/h5-12,20,23H,13-19H2,1-4H3,(H,27,30). The Balaban J connectivity index is 1.66. The van der Waals surface area contributed by atoms with Crippen LogP contribution in [-0.4, -0.2) is 51.4 Å². The molecule has 0 aromatic heterocycles. The molecule has 0 radical (unpaired) electrons. The molecule has 7 heteroatoms. The quantitative estimate of drug-likeness (QED) is 0.597. The van der Waals surface area contributed by atoms with E-state index in [1.807, 2.05) is 26.0 Å². The molecule has 1 aliphatic rings. The number of nitrogens with one attached hydrogen (secondary N) is 1. The zero-order valence-corrected chi connectivity index (χ0v) is 21.1. The minimum Gasteiger partial charge on any atom is -0.353 e. The van der Waals surface area contributed by atoms with E-state index in [4.69, 9.17) is 0 Å². The molecule has 1 fully saturated rings. The molecule has 0 spiro atoms. The smallest absolute Gasteiger partial charge is 0.264 e. The monoisotopic (exact) mass is 471 g/mol. The number of hydrogen-bond acceptors (Lipinski definition) is 4. The zero-order chi connectivity index (χ0) is 24.0. The molecule has 1 heterocycles. The van der Waals surface area contributed by atoms with Gasteiger partial charge in [0.05, 0.1) is 10.6 Å². The molecule has 0 bridgehead atoms. The summed E-state index contributed by atoms with van der Waals surface area (Å²) in [5.74, 6) is 0.535. The molecule has 1 amide bonds. The van der Waals surface area contributed by atoms with Crippen molar-refractivity contribution in [3.8, 4) is 0 Å². The number of rotatable bonds is 9. The summed E-state index contributed by atoms with van der Waals surface area (Å²) in [7, 11) is -3.78. The van der Waals surface area contributed by atoms with Gasteiger partial charge in [-0.15, -0.1) is 0 Å². The van der Waals surface area contributed by atoms with Crippen molar-refractivity contribution in [3.05, 3.63) is 59.7 Å². The lowest BCUT2D eigenvalue weighted by molar-refractivity contribution is -0.121. The van der Waals surface area contributed by atoms with Crippen LogP contribution in [-0.2, 0) is 14.8 Å². The summed E-state index contributed by atoms with van der Waals surface area (Å²) in [4.78, 5) is 15.4. The van der Waals surface area contributed by atoms with Gasteiger partial charge in [0.1, 0.15) is 0 Å². The van der Waals surface area contributed by atoms with E-state index >= 15 is 0 Å². The first-order valence-corrected chi connectivity index (χ1v) is 13.3. The lowest BCUT2D eigenvalue weighted by Gasteiger charge is -2.33. The maximum absolute atomic E-state index is 13.4. The molecule has 1 saturated heterocycles. The third kappa shape index (κ3) is 7.05. The Morgan fingerprint density at radius 1 is 1.00 bits per heavy atom. The highest BCUT2D eigenvalue weighted by Crippen LogP contribution is 2.25. The summed E-state index contributed by atoms with van der Waals surface area (Å²) < 4.78 is 28.2. The van der Waals surface area contributed by atoms with Crippen LogP contribution in [0.4, 0.5) is 5.69 Å². The molecule has 3 rings (SSSR count). The third-order valence-electron chi connectivity index (χ3n) is 6.05. The number of amides is 1. The van der Waals surface area contributed by atoms with Crippen LogP contribution in [0.1, 0.15) is 44.2 Å². The van der Waals surface area contributed by atoms with Crippen LogP contribution in [0.2, 0.25) is 0 Å². The van der Waals surface area contributed by atoms with Gasteiger partial charge in [-0.25, -0.2) is 8.42 Å². The Morgan fingerprint density at radius 2 is 1.55 bits per heavy atom. The molecule has 0 aliphatic carbocycles. The molecular formula is C26H37N3O3S. The number of carbonyl (C=O) groups is 1. The third-order valence-corrected chi connectivity index (χ3v) is 7.89. The van der Waals surface area contributed by atoms with Gasteiger partial charge in [-0.05, 0) is 56.9 Å². The van der Waals surface area contributed by atoms with Crippen molar-refractivity contribution < 1.29 is 13.2 Å². The van der Waals surface area contributed by atoms with Crippen LogP contribution in [0.5, 0.6) is 0 Å². The summed E-state index contributed by atoms with van der Waals surface area (Å²) in [5, 5.41) is 3.12. The number of sulfonamides is 1. The van der Waals surface area contributed by atoms with Crippen molar-refractivity contribution in [2.24, 2.45) is 5.92 Å². The van der Waals surface area contributed by atoms with E-state index in [-0.39, 0.29) is 29.8 Å². The number of carbonyl (C=O) groups excluding carboxylic acids is 1. The molecule has 0 saturated carbocycles. The molecule has 2 aromatic rings. The largest absolute Gasteiger partial charge is 0.353 e. The molecule has 0 atom stereocenters. The Hall–Kier alpha value is -2.38. The molecule has 0 unspecified atom stereocenters. The number of piperidine rings is 1. The van der Waals surface area contributed by atoms with Crippen LogP contribution in [0.25, 0.3) is 0 Å². The van der Waals surface area contributed by atoms with Crippen LogP contribution >= 0.6 is 0 Å². The second-order valence-electron chi connectivity index (χ2n) is 9.51. The van der Waals surface area contributed by atoms with Crippen molar-refractivity contribution in [2.45, 2.75) is 57.9 Å². The summed E-state index contributed by atoms with van der Waals surface area (Å²) in [5.41, 5.74) is 2.61. The minimum absolute atomic E-state index is 0.0945. The van der Waals surface area contributed by atoms with Gasteiger partial charge >= 0.3 is 0 Å². The van der Waals surface area contributed by atoms with Gasteiger partial charge in [-0.1, -0.05) is 49.2 Å². The van der Waals surface area contributed by atoms with Crippen molar-refractivity contribution in [1.29, 1.82) is 0 Å². The molecule has 1 N–H and O–H groups in total. The normalized spacial score (nSPS) is 15.5. The maximum Gasteiger partial charge on any atom is 0.264 e. The van der Waals surface area contributed by atoms with Gasteiger partial charge < -0.3 is 10.2 Å². The Morgan fingerprint density at radius 3 is 2.09 bits per heavy atom. The Bertz CT molecular complexity index is 1010. The van der Waals surface area contributed by atoms with E-state index < -0.39 is 10.0 Å². The van der Waals surface area contributed by atoms with Crippen LogP contribution in [0.15, 0.2) is 53.4 Å². The number of likely N-dealkylation sites (tertiary alicyclic amines) is 1. The van der Waals surface area contributed by atoms with E-state index in [0.717, 1.165) is 43.6 Å². The number of aryl methyl sites for hydroxylation is 2. The highest BCUT2D eigenvalue weighted by atomic mass is 32.2. The number of anilines is 1. The maximum atomic E-state index is 13.4. The highest BCUT2D eigenvalue weighted by molar-refractivity contribution is 7.92. The van der Waals surface area contributed by atoms with E-state index in [1.54, 1.807) is 36.4 Å². The molecular weight excluding hydrogens is 434 g/mol. The van der Waals surface area contributed by atoms with Crippen LogP contribution in [0.3, 0.4) is 0 Å². The molecule has 6 nitrogen and oxygen atoms in total. The minimum atomic E-state index is -3.78. The fourth-order valence-corrected chi connectivity index (χ4v) is 5.68. The van der Waals surface area contributed by atoms with Gasteiger partial charge in [-0.2, -0.15) is 0 Å². The number of nitrogens with zero attached hydrogens (tertiary/aromatic N) is 2. The summed E-state index contributed by atoms with van der Waals surface area (Å²) in [6.45, 7) is 11.5. The fraction of sp³-hybridized carbons (Fsp3) is 0.500. The average Bonchev–Trinajstić information content (AvgIpc) is 2.76. The predicted molar refractivity (Wildman–Crippen MR) is 134 cm³/mol. The number of benzene rings is 2. The second kappa shape index (κ2) is 11.2. The first kappa shape index (κ1) is 25.2. The lowest BCUT2D eigenvalue weighted by Crippen LogP contribution is -2.46. The average molecular weight is 472 g/mol. The molecule has 180 valence electrons. The van der Waals surface area contributed by atoms with Gasteiger partial charge in [0.2, 0.25) is 5.91 Å². The van der Waals surface area contributed by atoms with Crippen molar-refractivity contribution in [2.75, 3.05) is 30.5 Å². The van der Waals surface area contributed by atoms with Crippen LogP contribution in [0, 0.1) is 19.8 Å². The predicted octanol–water partition coefficient (Wildman–Crippen LogP) is 4.13. The van der Waals surface area contributed by atoms with Gasteiger partial charge in [0.15, 0.2) is 0 Å². The van der Waals surface area contributed by atoms with E-state index in [2.05, 4.69) is 24.1 Å². The molecule has 2 aromatic carbocycles. The van der Waals surface area contributed by atoms with Crippen molar-refractivity contribution in [1.82, 2.24) is 10.2 Å². The van der Waals surface area contributed by atoms with Gasteiger partial charge in [0, 0.05) is 38.6 Å². The van der Waals surface area contributed by atoms with Gasteiger partial charge in [-0.3, -0.25) is 9.10 Å². The lowest BCUT2D eigenvalue weighted by atomic mass is 10.0. The second-order valence-corrected chi connectivity index (χ2v) is 11.4. The van der Waals surface area contributed by atoms with E-state index in [1.165, 1.54) is 4.31 Å². The summed E-state index contributed by atoms with van der Waals surface area (Å²) in [6.07, 6.45) is 1.98. The van der Waals surface area contributed by atoms with E-state index in [0.29, 0.717) is 11.6 Å². The Kier molecular flexibility index (Phi) is 8.54. The Labute approximate surface area is 199 Å². The fourth-order valence-electron chi connectivity index (χ4n) is 4.22. The van der Waals surface area contributed by atoms with Crippen LogP contribution < -0.4 is 9.62 Å². The molecule has 1 aliphatic heterocycles. The first-order valence-electron chi connectivity index (χ1n) is 11.8. The first-order chi connectivity index (χ1) is 15.6. The summed E-state index contributed by atoms with van der Waals surface area (Å²) in [6, 6.07) is 14.3. The van der Waals surface area contributed by atoms with Crippen molar-refractivity contribution in [3.63, 3.8) is 0 Å². The van der Waals surface area contributed by atoms with Gasteiger partial charge in [0.25, 0.3) is 10.0 Å². The topological polar surface area (TPSA) is 69.7 Å². The zero-order valence-electron chi connectivity index (χ0n) is 20.3.